The molecule has 0 heterocycles. The molecule has 84 valence electrons. The van der Waals surface area contributed by atoms with Gasteiger partial charge in [-0.3, -0.25) is 5.43 Å². The molecule has 0 aromatic heterocycles. The summed E-state index contributed by atoms with van der Waals surface area (Å²) in [7, 11) is 0. The molecule has 1 aromatic carbocycles. The minimum Gasteiger partial charge on any atom is -0.465 e. The van der Waals surface area contributed by atoms with Crippen molar-refractivity contribution in [2.45, 2.75) is 6.61 Å². The Kier molecular flexibility index (Phi) is 6.07. The van der Waals surface area contributed by atoms with Crippen molar-refractivity contribution in [1.82, 2.24) is 5.43 Å². The molecule has 0 aliphatic carbocycles. The van der Waals surface area contributed by atoms with Gasteiger partial charge in [0, 0.05) is 0 Å². The molecule has 0 aliphatic rings. The van der Waals surface area contributed by atoms with Crippen molar-refractivity contribution in [2.75, 3.05) is 0 Å². The number of hydrazine groups is 1. The van der Waals surface area contributed by atoms with E-state index in [4.69, 9.17) is 10.6 Å². The van der Waals surface area contributed by atoms with Gasteiger partial charge in [0.25, 0.3) is 5.17 Å². The van der Waals surface area contributed by atoms with Crippen LogP contribution in [0, 0.1) is 11.6 Å². The summed E-state index contributed by atoms with van der Waals surface area (Å²) in [6.45, 7) is -0.290. The van der Waals surface area contributed by atoms with Gasteiger partial charge < -0.3 is 4.74 Å². The summed E-state index contributed by atoms with van der Waals surface area (Å²) in [5.74, 6) is 3.56. The summed E-state index contributed by atoms with van der Waals surface area (Å²) < 4.78 is 30.7. The zero-order valence-corrected chi connectivity index (χ0v) is 9.13. The first-order valence-electron chi connectivity index (χ1n) is 3.71. The van der Waals surface area contributed by atoms with Gasteiger partial charge in [-0.25, -0.2) is 14.6 Å². The number of hydrogen-bond donors (Lipinski definition) is 2. The Hall–Kier alpha value is -0.980. The van der Waals surface area contributed by atoms with E-state index in [1.807, 2.05) is 5.43 Å². The predicted molar refractivity (Wildman–Crippen MR) is 58.3 cm³/mol. The summed E-state index contributed by atoms with van der Waals surface area (Å²) >= 11 is 4.54. The van der Waals surface area contributed by atoms with Crippen molar-refractivity contribution in [3.05, 3.63) is 35.4 Å². The highest BCUT2D eigenvalue weighted by atomic mass is 35.5. The van der Waals surface area contributed by atoms with Crippen LogP contribution in [0.4, 0.5) is 8.78 Å². The largest absolute Gasteiger partial charge is 0.465 e. The number of hydrogen-bond acceptors (Lipinski definition) is 3. The number of rotatable bonds is 2. The van der Waals surface area contributed by atoms with E-state index >= 15 is 0 Å². The number of thiocarbonyl (C=S) groups is 1. The van der Waals surface area contributed by atoms with Gasteiger partial charge in [0.15, 0.2) is 0 Å². The quantitative estimate of drug-likeness (QED) is 0.479. The molecule has 1 aromatic rings. The fraction of sp³-hybridized carbons (Fsp3) is 0.125. The zero-order valence-electron chi connectivity index (χ0n) is 7.50. The van der Waals surface area contributed by atoms with Crippen LogP contribution in [0.2, 0.25) is 0 Å². The second-order valence-electron chi connectivity index (χ2n) is 2.42. The highest BCUT2D eigenvalue weighted by Crippen LogP contribution is 2.12. The highest BCUT2D eigenvalue weighted by Gasteiger charge is 2.08. The van der Waals surface area contributed by atoms with Gasteiger partial charge in [-0.05, 0) is 24.4 Å². The molecule has 15 heavy (non-hydrogen) atoms. The van der Waals surface area contributed by atoms with Gasteiger partial charge in [0.05, 0.1) is 5.56 Å². The van der Waals surface area contributed by atoms with Gasteiger partial charge in [-0.1, -0.05) is 6.07 Å². The summed E-state index contributed by atoms with van der Waals surface area (Å²) in [6, 6.07) is 3.55. The Bertz CT molecular complexity index is 331. The van der Waals surface area contributed by atoms with E-state index in [0.29, 0.717) is 0 Å². The Morgan fingerprint density at radius 3 is 2.40 bits per heavy atom. The molecular formula is C8H9ClF2N2OS. The normalized spacial score (nSPS) is 9.00. The first kappa shape index (κ1) is 14.0. The maximum absolute atomic E-state index is 13.0. The third-order valence-corrected chi connectivity index (χ3v) is 1.76. The van der Waals surface area contributed by atoms with Crippen molar-refractivity contribution in [2.24, 2.45) is 5.84 Å². The van der Waals surface area contributed by atoms with E-state index in [1.54, 1.807) is 0 Å². The Balaban J connectivity index is 0.00000196. The van der Waals surface area contributed by atoms with Crippen molar-refractivity contribution in [1.29, 1.82) is 0 Å². The lowest BCUT2D eigenvalue weighted by Gasteiger charge is -2.07. The maximum atomic E-state index is 13.0. The van der Waals surface area contributed by atoms with E-state index < -0.39 is 11.6 Å². The van der Waals surface area contributed by atoms with Gasteiger partial charge in [0.1, 0.15) is 18.2 Å². The highest BCUT2D eigenvalue weighted by molar-refractivity contribution is 7.80. The monoisotopic (exact) mass is 254 g/mol. The first-order chi connectivity index (χ1) is 6.65. The van der Waals surface area contributed by atoms with Crippen LogP contribution in [-0.4, -0.2) is 5.17 Å². The van der Waals surface area contributed by atoms with Crippen LogP contribution in [0.1, 0.15) is 5.56 Å². The number of halogens is 3. The van der Waals surface area contributed by atoms with Gasteiger partial charge in [-0.2, -0.15) is 0 Å². The second-order valence-corrected chi connectivity index (χ2v) is 2.79. The molecule has 3 N–H and O–H groups in total. The van der Waals surface area contributed by atoms with E-state index in [0.717, 1.165) is 12.1 Å². The molecule has 0 fully saturated rings. The summed E-state index contributed by atoms with van der Waals surface area (Å²) in [5.41, 5.74) is 1.86. The first-order valence-corrected chi connectivity index (χ1v) is 4.12. The predicted octanol–water partition coefficient (Wildman–Crippen LogP) is 1.65. The SMILES string of the molecule is Cl.NNC(=S)OCc1c(F)cccc1F. The van der Waals surface area contributed by atoms with Crippen LogP contribution in [0.15, 0.2) is 18.2 Å². The van der Waals surface area contributed by atoms with Crippen LogP contribution < -0.4 is 11.3 Å². The summed E-state index contributed by atoms with van der Waals surface area (Å²) in [4.78, 5) is 0. The molecule has 0 amide bonds. The molecule has 0 unspecified atom stereocenters. The summed E-state index contributed by atoms with van der Waals surface area (Å²) in [6.07, 6.45) is 0. The molecule has 0 spiro atoms. The van der Waals surface area contributed by atoms with Crippen LogP contribution in [0.5, 0.6) is 0 Å². The Morgan fingerprint density at radius 1 is 1.40 bits per heavy atom. The minimum absolute atomic E-state index is 0. The average Bonchev–Trinajstić information content (AvgIpc) is 2.16. The number of nitrogens with one attached hydrogen (secondary N) is 1. The number of nitrogens with two attached hydrogens (primary N) is 1. The van der Waals surface area contributed by atoms with E-state index in [1.165, 1.54) is 6.07 Å². The summed E-state index contributed by atoms with van der Waals surface area (Å²) in [5, 5.41) is -0.118. The molecule has 3 nitrogen and oxygen atoms in total. The fourth-order valence-corrected chi connectivity index (χ4v) is 0.909. The van der Waals surface area contributed by atoms with E-state index in [2.05, 4.69) is 12.2 Å². The lowest BCUT2D eigenvalue weighted by molar-refractivity contribution is 0.274. The van der Waals surface area contributed by atoms with Crippen molar-refractivity contribution in [3.63, 3.8) is 0 Å². The number of benzene rings is 1. The third kappa shape index (κ3) is 3.94. The van der Waals surface area contributed by atoms with Crippen LogP contribution in [-0.2, 0) is 11.3 Å². The average molecular weight is 255 g/mol. The molecule has 0 aliphatic heterocycles. The number of ether oxygens (including phenoxy) is 1. The maximum Gasteiger partial charge on any atom is 0.271 e. The van der Waals surface area contributed by atoms with Gasteiger partial charge >= 0.3 is 0 Å². The minimum atomic E-state index is -0.676. The topological polar surface area (TPSA) is 47.3 Å². The molecule has 0 atom stereocenters. The Morgan fingerprint density at radius 2 is 1.93 bits per heavy atom. The van der Waals surface area contributed by atoms with E-state index in [-0.39, 0.29) is 29.8 Å². The van der Waals surface area contributed by atoms with Crippen LogP contribution >= 0.6 is 24.6 Å². The second kappa shape index (κ2) is 6.49. The molecule has 0 radical (unpaired) electrons. The van der Waals surface area contributed by atoms with Crippen LogP contribution in [0.3, 0.4) is 0 Å². The molecule has 0 saturated heterocycles. The molecule has 1 rings (SSSR count). The fourth-order valence-electron chi connectivity index (χ4n) is 0.850. The lowest BCUT2D eigenvalue weighted by Crippen LogP contribution is -2.30. The van der Waals surface area contributed by atoms with Gasteiger partial charge in [0.2, 0.25) is 0 Å². The Labute approximate surface area is 97.0 Å². The molecule has 7 heteroatoms. The smallest absolute Gasteiger partial charge is 0.271 e. The standard InChI is InChI=1S/C8H8F2N2OS.ClH/c9-6-2-1-3-7(10)5(6)4-13-8(14)12-11;/h1-3H,4,11H2,(H,12,14);1H. The lowest BCUT2D eigenvalue weighted by atomic mass is 10.2. The zero-order chi connectivity index (χ0) is 10.6. The van der Waals surface area contributed by atoms with Gasteiger partial charge in [-0.15, -0.1) is 12.4 Å². The van der Waals surface area contributed by atoms with Crippen molar-refractivity contribution < 1.29 is 13.5 Å². The molecule has 0 bridgehead atoms. The molecule has 0 saturated carbocycles. The third-order valence-electron chi connectivity index (χ3n) is 1.53. The molecular weight excluding hydrogens is 246 g/mol. The van der Waals surface area contributed by atoms with Crippen molar-refractivity contribution in [3.8, 4) is 0 Å². The van der Waals surface area contributed by atoms with Crippen molar-refractivity contribution >= 4 is 29.8 Å². The van der Waals surface area contributed by atoms with E-state index in [9.17, 15) is 8.78 Å². The van der Waals surface area contributed by atoms with Crippen LogP contribution in [0.25, 0.3) is 0 Å².